The summed E-state index contributed by atoms with van der Waals surface area (Å²) in [4.78, 5) is 1.60. The van der Waals surface area contributed by atoms with Crippen LogP contribution in [-0.2, 0) is 12.8 Å². The van der Waals surface area contributed by atoms with Gasteiger partial charge in [0.25, 0.3) is 0 Å². The molecule has 0 saturated heterocycles. The minimum Gasteiger partial charge on any atom is -0.274 e. The van der Waals surface area contributed by atoms with Gasteiger partial charge in [-0.05, 0) is 28.1 Å². The molecular formula is C11H15N4S+. The van der Waals surface area contributed by atoms with E-state index in [2.05, 4.69) is 34.8 Å². The summed E-state index contributed by atoms with van der Waals surface area (Å²) in [6.45, 7) is 0. The molecule has 0 atom stereocenters. The van der Waals surface area contributed by atoms with E-state index in [9.17, 15) is 0 Å². The highest BCUT2D eigenvalue weighted by molar-refractivity contribution is 7.14. The van der Waals surface area contributed by atoms with Gasteiger partial charge in [0, 0.05) is 13.5 Å². The Morgan fingerprint density at radius 2 is 2.06 bits per heavy atom. The van der Waals surface area contributed by atoms with E-state index in [0.717, 1.165) is 17.8 Å². The van der Waals surface area contributed by atoms with E-state index in [1.165, 1.54) is 16.9 Å². The Kier molecular flexibility index (Phi) is 3.36. The Morgan fingerprint density at radius 1 is 1.31 bits per heavy atom. The van der Waals surface area contributed by atoms with Crippen molar-refractivity contribution in [2.24, 2.45) is 0 Å². The van der Waals surface area contributed by atoms with Crippen molar-refractivity contribution in [3.05, 3.63) is 40.9 Å². The molecule has 0 fully saturated rings. The number of aromatic nitrogens is 2. The van der Waals surface area contributed by atoms with Crippen LogP contribution in [0.2, 0.25) is 0 Å². The van der Waals surface area contributed by atoms with Crippen LogP contribution in [0.4, 0.5) is 5.13 Å². The van der Waals surface area contributed by atoms with Crippen molar-refractivity contribution in [2.75, 3.05) is 18.2 Å². The van der Waals surface area contributed by atoms with Gasteiger partial charge in [0.05, 0.1) is 0 Å². The molecule has 0 aliphatic rings. The van der Waals surface area contributed by atoms with Crippen molar-refractivity contribution >= 4 is 16.5 Å². The van der Waals surface area contributed by atoms with Gasteiger partial charge in [-0.3, -0.25) is 5.73 Å². The molecule has 2 rings (SSSR count). The molecule has 0 radical (unpaired) electrons. The summed E-state index contributed by atoms with van der Waals surface area (Å²) in [5.74, 6) is 0. The number of anilines is 1. The lowest BCUT2D eigenvalue weighted by molar-refractivity contribution is -0.689. The molecule has 84 valence electrons. The standard InChI is InChI=1S/C11H14N4S/c1-13-15-11(12)16-10(14-15)8-7-9-5-3-2-4-6-9/h2-6,12-13H,7-8H2,1H3/p+1. The van der Waals surface area contributed by atoms with Crippen LogP contribution in [0.1, 0.15) is 10.6 Å². The second-order valence-corrected chi connectivity index (χ2v) is 4.55. The Morgan fingerprint density at radius 3 is 2.69 bits per heavy atom. The van der Waals surface area contributed by atoms with E-state index in [0.29, 0.717) is 5.13 Å². The quantitative estimate of drug-likeness (QED) is 0.776. The van der Waals surface area contributed by atoms with E-state index in [1.807, 2.05) is 6.07 Å². The highest BCUT2D eigenvalue weighted by Crippen LogP contribution is 2.12. The van der Waals surface area contributed by atoms with Gasteiger partial charge in [0.15, 0.2) is 0 Å². The molecule has 1 aromatic heterocycles. The lowest BCUT2D eigenvalue weighted by atomic mass is 10.1. The monoisotopic (exact) mass is 235 g/mol. The van der Waals surface area contributed by atoms with Crippen LogP contribution in [0.5, 0.6) is 0 Å². The number of nitrogens with one attached hydrogen (secondary N) is 1. The largest absolute Gasteiger partial charge is 0.378 e. The fraction of sp³-hybridized carbons (Fsp3) is 0.273. The molecule has 4 nitrogen and oxygen atoms in total. The number of nitrogens with two attached hydrogens (primary N) is 1. The van der Waals surface area contributed by atoms with Crippen molar-refractivity contribution in [1.29, 1.82) is 0 Å². The predicted molar refractivity (Wildman–Crippen MR) is 65.9 cm³/mol. The van der Waals surface area contributed by atoms with Gasteiger partial charge in [-0.15, -0.1) is 0 Å². The van der Waals surface area contributed by atoms with Gasteiger partial charge in [-0.1, -0.05) is 35.4 Å². The molecule has 0 spiro atoms. The minimum absolute atomic E-state index is 0.686. The third-order valence-corrected chi connectivity index (χ3v) is 3.23. The SMILES string of the molecule is CN[n+]1nc(CCc2ccccc2)sc1N. The van der Waals surface area contributed by atoms with Gasteiger partial charge < -0.3 is 0 Å². The van der Waals surface area contributed by atoms with Crippen LogP contribution < -0.4 is 16.0 Å². The molecule has 16 heavy (non-hydrogen) atoms. The van der Waals surface area contributed by atoms with Crippen molar-refractivity contribution in [3.63, 3.8) is 0 Å². The molecular weight excluding hydrogens is 220 g/mol. The lowest BCUT2D eigenvalue weighted by Gasteiger charge is -1.96. The first-order chi connectivity index (χ1) is 7.79. The maximum Gasteiger partial charge on any atom is 0.378 e. The minimum atomic E-state index is 0.686. The molecule has 2 aromatic rings. The second-order valence-electron chi connectivity index (χ2n) is 3.46. The maximum absolute atomic E-state index is 5.78. The number of benzene rings is 1. The number of nitrogens with zero attached hydrogens (tertiary/aromatic N) is 2. The Bertz CT molecular complexity index is 452. The van der Waals surface area contributed by atoms with Crippen LogP contribution in [0.15, 0.2) is 30.3 Å². The van der Waals surface area contributed by atoms with Gasteiger partial charge in [-0.2, -0.15) is 0 Å². The number of hydrogen-bond donors (Lipinski definition) is 2. The van der Waals surface area contributed by atoms with Crippen LogP contribution >= 0.6 is 11.3 Å². The van der Waals surface area contributed by atoms with Crippen LogP contribution in [0.25, 0.3) is 0 Å². The molecule has 0 bridgehead atoms. The fourth-order valence-corrected chi connectivity index (χ4v) is 2.29. The van der Waals surface area contributed by atoms with E-state index < -0.39 is 0 Å². The summed E-state index contributed by atoms with van der Waals surface area (Å²) in [5, 5.41) is 6.08. The first-order valence-electron chi connectivity index (χ1n) is 5.19. The first-order valence-corrected chi connectivity index (χ1v) is 6.00. The van der Waals surface area contributed by atoms with E-state index in [4.69, 9.17) is 5.73 Å². The van der Waals surface area contributed by atoms with Gasteiger partial charge >= 0.3 is 5.13 Å². The zero-order valence-electron chi connectivity index (χ0n) is 9.18. The summed E-state index contributed by atoms with van der Waals surface area (Å²) in [7, 11) is 1.80. The number of rotatable bonds is 4. The van der Waals surface area contributed by atoms with Gasteiger partial charge in [0.1, 0.15) is 5.01 Å². The zero-order valence-corrected chi connectivity index (χ0v) is 10.00. The summed E-state index contributed by atoms with van der Waals surface area (Å²) < 4.78 is 0. The maximum atomic E-state index is 5.78. The van der Waals surface area contributed by atoms with Gasteiger partial charge in [-0.25, -0.2) is 5.43 Å². The molecule has 0 saturated carbocycles. The average Bonchev–Trinajstić information content (AvgIpc) is 2.69. The van der Waals surface area contributed by atoms with E-state index in [1.54, 1.807) is 11.8 Å². The Labute approximate surface area is 98.7 Å². The molecule has 1 heterocycles. The number of nitrogen functional groups attached to an aromatic ring is 1. The third-order valence-electron chi connectivity index (χ3n) is 2.32. The summed E-state index contributed by atoms with van der Waals surface area (Å²) in [5.41, 5.74) is 10.0. The summed E-state index contributed by atoms with van der Waals surface area (Å²) in [6.07, 6.45) is 1.92. The van der Waals surface area contributed by atoms with Crippen LogP contribution in [0, 0.1) is 0 Å². The highest BCUT2D eigenvalue weighted by atomic mass is 32.1. The first kappa shape index (κ1) is 10.9. The van der Waals surface area contributed by atoms with Crippen molar-refractivity contribution in [3.8, 4) is 0 Å². The fourth-order valence-electron chi connectivity index (χ4n) is 1.50. The summed E-state index contributed by atoms with van der Waals surface area (Å²) >= 11 is 1.53. The van der Waals surface area contributed by atoms with Crippen molar-refractivity contribution < 1.29 is 4.79 Å². The molecule has 0 aliphatic carbocycles. The average molecular weight is 235 g/mol. The number of aryl methyl sites for hydroxylation is 2. The third kappa shape index (κ3) is 2.49. The molecule has 0 amide bonds. The second kappa shape index (κ2) is 4.94. The smallest absolute Gasteiger partial charge is 0.274 e. The lowest BCUT2D eigenvalue weighted by Crippen LogP contribution is -2.46. The Balaban J connectivity index is 2.00. The molecule has 3 N–H and O–H groups in total. The zero-order chi connectivity index (χ0) is 11.4. The molecule has 1 aromatic carbocycles. The molecule has 0 aliphatic heterocycles. The van der Waals surface area contributed by atoms with Crippen LogP contribution in [0.3, 0.4) is 0 Å². The topological polar surface area (TPSA) is 54.8 Å². The van der Waals surface area contributed by atoms with Crippen molar-refractivity contribution in [2.45, 2.75) is 12.8 Å². The van der Waals surface area contributed by atoms with Crippen LogP contribution in [-0.4, -0.2) is 12.1 Å². The molecule has 0 unspecified atom stereocenters. The van der Waals surface area contributed by atoms with E-state index in [-0.39, 0.29) is 0 Å². The number of hydrogen-bond acceptors (Lipinski definition) is 4. The Hall–Kier alpha value is -1.62. The predicted octanol–water partition coefficient (Wildman–Crippen LogP) is 0.971. The summed E-state index contributed by atoms with van der Waals surface area (Å²) in [6, 6.07) is 10.4. The normalized spacial score (nSPS) is 10.3. The van der Waals surface area contributed by atoms with E-state index >= 15 is 0 Å². The molecule has 5 heteroatoms. The highest BCUT2D eigenvalue weighted by Gasteiger charge is 2.12. The van der Waals surface area contributed by atoms with Crippen molar-refractivity contribution in [1.82, 2.24) is 5.10 Å². The van der Waals surface area contributed by atoms with Gasteiger partial charge in [0.2, 0.25) is 0 Å².